The van der Waals surface area contributed by atoms with E-state index in [4.69, 9.17) is 23.2 Å². The number of hydrogen-bond acceptors (Lipinski definition) is 2. The van der Waals surface area contributed by atoms with Gasteiger partial charge in [0.15, 0.2) is 0 Å². The zero-order valence-corrected chi connectivity index (χ0v) is 14.1. The normalized spacial score (nSPS) is 10.6. The van der Waals surface area contributed by atoms with Crippen LogP contribution in [0.3, 0.4) is 0 Å². The van der Waals surface area contributed by atoms with Crippen molar-refractivity contribution in [1.29, 1.82) is 0 Å². The largest absolute Gasteiger partial charge is 0.106 e. The Balaban J connectivity index is 0.00000154. The van der Waals surface area contributed by atoms with Gasteiger partial charge in [-0.1, -0.05) is 75.6 Å². The third-order valence-electron chi connectivity index (χ3n) is 2.17. The second kappa shape index (κ2) is 11.5. The van der Waals surface area contributed by atoms with Crippen molar-refractivity contribution in [3.05, 3.63) is 71.3 Å². The van der Waals surface area contributed by atoms with Gasteiger partial charge in [0.25, 0.3) is 0 Å². The topological polar surface area (TPSA) is 0 Å². The minimum atomic E-state index is 0.623. The lowest BCUT2D eigenvalue weighted by Gasteiger charge is -2.05. The van der Waals surface area contributed by atoms with E-state index in [9.17, 15) is 0 Å². The highest BCUT2D eigenvalue weighted by atomic mass is 35.5. The molecule has 0 aliphatic rings. The summed E-state index contributed by atoms with van der Waals surface area (Å²) in [5.41, 5.74) is 2.25. The summed E-state index contributed by atoms with van der Waals surface area (Å²) in [6.45, 7) is 11.7. The Bertz CT molecular complexity index is 428. The molecule has 19 heavy (non-hydrogen) atoms. The molecule has 0 aliphatic heterocycles. The molecule has 0 fully saturated rings. The monoisotopic (exact) mass is 332 g/mol. The van der Waals surface area contributed by atoms with Gasteiger partial charge in [0.1, 0.15) is 0 Å². The first-order valence-corrected chi connectivity index (χ1v) is 8.87. The van der Waals surface area contributed by atoms with Crippen LogP contribution in [0.15, 0.2) is 60.7 Å². The molecule has 0 nitrogen and oxygen atoms in total. The second-order valence-electron chi connectivity index (χ2n) is 3.33. The average Bonchev–Trinajstić information content (AvgIpc) is 2.42. The number of hydrogen-bond donors (Lipinski definition) is 0. The summed E-state index contributed by atoms with van der Waals surface area (Å²) >= 11 is 11.9. The Kier molecular flexibility index (Phi) is 11.4. The van der Waals surface area contributed by atoms with Gasteiger partial charge in [-0.3, -0.25) is 0 Å². The molecule has 0 bridgehead atoms. The zero-order chi connectivity index (χ0) is 14.7. The first-order chi connectivity index (χ1) is 9.15. The Morgan fingerprint density at radius 1 is 1.26 bits per heavy atom. The van der Waals surface area contributed by atoms with E-state index in [1.807, 2.05) is 37.3 Å². The summed E-state index contributed by atoms with van der Waals surface area (Å²) in [7, 11) is 3.54. The predicted octanol–water partition coefficient (Wildman–Crippen LogP) is 6.72. The van der Waals surface area contributed by atoms with Gasteiger partial charge in [-0.05, 0) is 24.1 Å². The van der Waals surface area contributed by atoms with Crippen molar-refractivity contribution in [3.8, 4) is 0 Å². The van der Waals surface area contributed by atoms with Crippen molar-refractivity contribution in [1.82, 2.24) is 0 Å². The van der Waals surface area contributed by atoms with Crippen LogP contribution in [0.25, 0.3) is 0 Å². The SMILES string of the molecule is C=C.C=C(Cl)/C(=C\C)CSSCc1ccccc1Cl. The predicted molar refractivity (Wildman–Crippen MR) is 95.2 cm³/mol. The summed E-state index contributed by atoms with van der Waals surface area (Å²) in [6, 6.07) is 7.91. The van der Waals surface area contributed by atoms with Gasteiger partial charge in [-0.2, -0.15) is 0 Å². The summed E-state index contributed by atoms with van der Waals surface area (Å²) in [5, 5.41) is 1.45. The van der Waals surface area contributed by atoms with Crippen molar-refractivity contribution >= 4 is 44.8 Å². The molecule has 104 valence electrons. The molecule has 0 aliphatic carbocycles. The molecule has 0 saturated carbocycles. The third kappa shape index (κ3) is 7.78. The number of rotatable bonds is 6. The molecular formula is C15H18Cl2S2. The van der Waals surface area contributed by atoms with Crippen LogP contribution in [0, 0.1) is 0 Å². The van der Waals surface area contributed by atoms with Crippen LogP contribution >= 0.6 is 44.8 Å². The van der Waals surface area contributed by atoms with Crippen molar-refractivity contribution in [2.75, 3.05) is 5.75 Å². The van der Waals surface area contributed by atoms with Crippen LogP contribution < -0.4 is 0 Å². The molecule has 0 aromatic heterocycles. The van der Waals surface area contributed by atoms with E-state index in [1.54, 1.807) is 21.6 Å². The lowest BCUT2D eigenvalue weighted by molar-refractivity contribution is 1.42. The molecule has 0 unspecified atom stereocenters. The van der Waals surface area contributed by atoms with Gasteiger partial charge in [0.2, 0.25) is 0 Å². The molecule has 0 atom stereocenters. The van der Waals surface area contributed by atoms with Crippen LogP contribution in [0.1, 0.15) is 12.5 Å². The van der Waals surface area contributed by atoms with Crippen LogP contribution in [0.5, 0.6) is 0 Å². The maximum Gasteiger partial charge on any atom is 0.0446 e. The molecule has 0 heterocycles. The summed E-state index contributed by atoms with van der Waals surface area (Å²) < 4.78 is 0. The highest BCUT2D eigenvalue weighted by molar-refractivity contribution is 8.76. The van der Waals surface area contributed by atoms with E-state index in [1.165, 1.54) is 5.56 Å². The van der Waals surface area contributed by atoms with E-state index >= 15 is 0 Å². The Labute approximate surface area is 134 Å². The minimum Gasteiger partial charge on any atom is -0.106 e. The highest BCUT2D eigenvalue weighted by Crippen LogP contribution is 2.31. The lowest BCUT2D eigenvalue weighted by atomic mass is 10.2. The fraction of sp³-hybridized carbons (Fsp3) is 0.200. The van der Waals surface area contributed by atoms with Crippen molar-refractivity contribution in [2.24, 2.45) is 0 Å². The molecule has 0 radical (unpaired) electrons. The molecule has 0 saturated heterocycles. The van der Waals surface area contributed by atoms with Gasteiger partial charge in [-0.15, -0.1) is 13.2 Å². The molecule has 1 aromatic carbocycles. The van der Waals surface area contributed by atoms with Crippen LogP contribution in [0.4, 0.5) is 0 Å². The maximum atomic E-state index is 6.07. The second-order valence-corrected chi connectivity index (χ2v) is 6.66. The average molecular weight is 333 g/mol. The Morgan fingerprint density at radius 2 is 1.89 bits per heavy atom. The summed E-state index contributed by atoms with van der Waals surface area (Å²) in [5.74, 6) is 1.77. The molecule has 1 rings (SSSR count). The van der Waals surface area contributed by atoms with Gasteiger partial charge < -0.3 is 0 Å². The molecule has 4 heteroatoms. The van der Waals surface area contributed by atoms with Gasteiger partial charge in [0, 0.05) is 21.6 Å². The summed E-state index contributed by atoms with van der Waals surface area (Å²) in [6.07, 6.45) is 2.00. The lowest BCUT2D eigenvalue weighted by Crippen LogP contribution is -1.85. The van der Waals surface area contributed by atoms with E-state index < -0.39 is 0 Å². The van der Waals surface area contributed by atoms with Gasteiger partial charge in [-0.25, -0.2) is 0 Å². The van der Waals surface area contributed by atoms with Crippen LogP contribution in [0.2, 0.25) is 5.02 Å². The number of halogens is 2. The molecule has 1 aromatic rings. The maximum absolute atomic E-state index is 6.07. The first kappa shape index (κ1) is 18.7. The van der Waals surface area contributed by atoms with Crippen LogP contribution in [-0.2, 0) is 5.75 Å². The van der Waals surface area contributed by atoms with Gasteiger partial charge in [0.05, 0.1) is 0 Å². The van der Waals surface area contributed by atoms with E-state index in [0.29, 0.717) is 5.03 Å². The molecule has 0 amide bonds. The van der Waals surface area contributed by atoms with Gasteiger partial charge >= 0.3 is 0 Å². The first-order valence-electron chi connectivity index (χ1n) is 5.63. The fourth-order valence-electron chi connectivity index (χ4n) is 1.14. The quantitative estimate of drug-likeness (QED) is 0.245. The van der Waals surface area contributed by atoms with E-state index in [-0.39, 0.29) is 0 Å². The number of allylic oxidation sites excluding steroid dienone is 2. The molecule has 0 N–H and O–H groups in total. The standard InChI is InChI=1S/C13H14Cl2S2.C2H4/c1-3-11(10(2)14)8-16-17-9-12-6-4-5-7-13(12)15;1-2/h3-7H,2,8-9H2,1H3;1-2H2/b11-3-;. The Morgan fingerprint density at radius 3 is 2.42 bits per heavy atom. The smallest absolute Gasteiger partial charge is 0.0446 e. The van der Waals surface area contributed by atoms with Crippen molar-refractivity contribution in [3.63, 3.8) is 0 Å². The van der Waals surface area contributed by atoms with E-state index in [2.05, 4.69) is 19.7 Å². The fourth-order valence-corrected chi connectivity index (χ4v) is 3.96. The minimum absolute atomic E-state index is 0.623. The Hall–Kier alpha value is -0.280. The zero-order valence-electron chi connectivity index (χ0n) is 11.0. The highest BCUT2D eigenvalue weighted by Gasteiger charge is 2.02. The summed E-state index contributed by atoms with van der Waals surface area (Å²) in [4.78, 5) is 0. The third-order valence-corrected chi connectivity index (χ3v) is 5.01. The molecular weight excluding hydrogens is 315 g/mol. The van der Waals surface area contributed by atoms with Crippen LogP contribution in [-0.4, -0.2) is 5.75 Å². The van der Waals surface area contributed by atoms with Crippen molar-refractivity contribution in [2.45, 2.75) is 12.7 Å². The van der Waals surface area contributed by atoms with Crippen molar-refractivity contribution < 1.29 is 0 Å². The molecule has 0 spiro atoms. The number of benzene rings is 1. The van der Waals surface area contributed by atoms with E-state index in [0.717, 1.165) is 22.1 Å².